The van der Waals surface area contributed by atoms with E-state index in [1.54, 1.807) is 6.33 Å². The highest BCUT2D eigenvalue weighted by atomic mass is 16.3. The lowest BCUT2D eigenvalue weighted by Crippen LogP contribution is -2.34. The molecule has 0 atom stereocenters. The van der Waals surface area contributed by atoms with Crippen molar-refractivity contribution in [2.24, 2.45) is 0 Å². The molecule has 5 heteroatoms. The van der Waals surface area contributed by atoms with E-state index >= 15 is 0 Å². The lowest BCUT2D eigenvalue weighted by atomic mass is 10.3. The summed E-state index contributed by atoms with van der Waals surface area (Å²) < 4.78 is 0. The first-order valence-corrected chi connectivity index (χ1v) is 5.62. The zero-order valence-corrected chi connectivity index (χ0v) is 10.1. The molecule has 16 heavy (non-hydrogen) atoms. The molecule has 5 nitrogen and oxygen atoms in total. The topological polar surface area (TPSA) is 61.3 Å². The summed E-state index contributed by atoms with van der Waals surface area (Å²) in [7, 11) is 0. The zero-order chi connectivity index (χ0) is 12.0. The molecule has 0 saturated heterocycles. The number of anilines is 2. The summed E-state index contributed by atoms with van der Waals surface area (Å²) in [5.41, 5.74) is 0. The van der Waals surface area contributed by atoms with E-state index in [0.717, 1.165) is 18.2 Å². The number of hydrogen-bond acceptors (Lipinski definition) is 5. The van der Waals surface area contributed by atoms with Crippen LogP contribution < -0.4 is 10.2 Å². The molecule has 0 aromatic carbocycles. The largest absolute Gasteiger partial charge is 0.395 e. The van der Waals surface area contributed by atoms with Gasteiger partial charge in [0.2, 0.25) is 0 Å². The lowest BCUT2D eigenvalue weighted by Gasteiger charge is -2.27. The van der Waals surface area contributed by atoms with Crippen molar-refractivity contribution < 1.29 is 5.11 Å². The third-order valence-electron chi connectivity index (χ3n) is 2.27. The van der Waals surface area contributed by atoms with Gasteiger partial charge < -0.3 is 15.3 Å². The minimum atomic E-state index is 0.124. The molecule has 0 amide bonds. The highest BCUT2D eigenvalue weighted by Gasteiger charge is 2.11. The van der Waals surface area contributed by atoms with Crippen LogP contribution in [0.5, 0.6) is 0 Å². The third kappa shape index (κ3) is 3.34. The molecule has 0 aliphatic rings. The first kappa shape index (κ1) is 12.7. The molecule has 0 aliphatic heterocycles. The number of aliphatic hydroxyl groups is 1. The van der Waals surface area contributed by atoms with Gasteiger partial charge in [0, 0.05) is 25.2 Å². The van der Waals surface area contributed by atoms with Crippen molar-refractivity contribution >= 4 is 11.6 Å². The van der Waals surface area contributed by atoms with E-state index in [4.69, 9.17) is 5.11 Å². The van der Waals surface area contributed by atoms with E-state index in [1.807, 2.05) is 17.9 Å². The molecule has 1 aromatic heterocycles. The maximum Gasteiger partial charge on any atom is 0.134 e. The fourth-order valence-electron chi connectivity index (χ4n) is 1.53. The van der Waals surface area contributed by atoms with Gasteiger partial charge in [-0.3, -0.25) is 0 Å². The van der Waals surface area contributed by atoms with E-state index in [1.165, 1.54) is 0 Å². The number of nitrogens with zero attached hydrogens (tertiary/aromatic N) is 3. The van der Waals surface area contributed by atoms with Gasteiger partial charge in [-0.2, -0.15) is 0 Å². The quantitative estimate of drug-likeness (QED) is 0.758. The van der Waals surface area contributed by atoms with Crippen molar-refractivity contribution in [3.8, 4) is 0 Å². The summed E-state index contributed by atoms with van der Waals surface area (Å²) in [4.78, 5) is 10.4. The van der Waals surface area contributed by atoms with Gasteiger partial charge in [0.05, 0.1) is 6.61 Å². The van der Waals surface area contributed by atoms with E-state index < -0.39 is 0 Å². The summed E-state index contributed by atoms with van der Waals surface area (Å²) in [5.74, 6) is 1.66. The molecule has 0 radical (unpaired) electrons. The maximum atomic E-state index is 9.02. The molecule has 0 bridgehead atoms. The van der Waals surface area contributed by atoms with Crippen LogP contribution in [-0.4, -0.2) is 40.8 Å². The molecule has 1 rings (SSSR count). The second-order valence-corrected chi connectivity index (χ2v) is 3.80. The van der Waals surface area contributed by atoms with Crippen molar-refractivity contribution in [2.45, 2.75) is 26.8 Å². The monoisotopic (exact) mass is 224 g/mol. The van der Waals surface area contributed by atoms with Gasteiger partial charge in [-0.1, -0.05) is 0 Å². The van der Waals surface area contributed by atoms with Crippen molar-refractivity contribution in [2.75, 3.05) is 29.9 Å². The summed E-state index contributed by atoms with van der Waals surface area (Å²) in [6.45, 7) is 7.71. The molecule has 2 N–H and O–H groups in total. The predicted molar refractivity (Wildman–Crippen MR) is 65.8 cm³/mol. The Hall–Kier alpha value is -1.36. The highest BCUT2D eigenvalue weighted by molar-refractivity contribution is 5.48. The van der Waals surface area contributed by atoms with E-state index in [2.05, 4.69) is 29.1 Å². The van der Waals surface area contributed by atoms with Crippen LogP contribution in [-0.2, 0) is 0 Å². The average Bonchev–Trinajstić information content (AvgIpc) is 2.26. The zero-order valence-electron chi connectivity index (χ0n) is 10.1. The van der Waals surface area contributed by atoms with Gasteiger partial charge in [-0.15, -0.1) is 0 Å². The van der Waals surface area contributed by atoms with Crippen LogP contribution in [0.1, 0.15) is 20.8 Å². The Kier molecular flexibility index (Phi) is 4.98. The predicted octanol–water partition coefficient (Wildman–Crippen LogP) is 1.12. The van der Waals surface area contributed by atoms with Crippen LogP contribution >= 0.6 is 0 Å². The summed E-state index contributed by atoms with van der Waals surface area (Å²) in [6.07, 6.45) is 1.54. The number of aliphatic hydroxyl groups excluding tert-OH is 1. The van der Waals surface area contributed by atoms with Crippen molar-refractivity contribution in [1.29, 1.82) is 0 Å². The normalized spacial score (nSPS) is 10.6. The standard InChI is InChI=1S/C11H20N4O/c1-4-12-10-7-11(14-8-13-10)15(5-6-16)9(2)3/h7-9,16H,4-6H2,1-3H3,(H,12,13,14). The molecule has 1 heterocycles. The van der Waals surface area contributed by atoms with Crippen molar-refractivity contribution in [3.63, 3.8) is 0 Å². The molecule has 90 valence electrons. The van der Waals surface area contributed by atoms with Crippen molar-refractivity contribution in [1.82, 2.24) is 9.97 Å². The van der Waals surface area contributed by atoms with E-state index in [0.29, 0.717) is 12.6 Å². The van der Waals surface area contributed by atoms with Gasteiger partial charge in [0.25, 0.3) is 0 Å². The number of hydrogen-bond donors (Lipinski definition) is 2. The van der Waals surface area contributed by atoms with Crippen LogP contribution in [0.2, 0.25) is 0 Å². The van der Waals surface area contributed by atoms with Crippen LogP contribution in [0.3, 0.4) is 0 Å². The Morgan fingerprint density at radius 3 is 2.75 bits per heavy atom. The summed E-state index contributed by atoms with van der Waals surface area (Å²) in [5, 5.41) is 12.2. The van der Waals surface area contributed by atoms with Gasteiger partial charge in [0.1, 0.15) is 18.0 Å². The van der Waals surface area contributed by atoms with Crippen LogP contribution in [0.25, 0.3) is 0 Å². The summed E-state index contributed by atoms with van der Waals surface area (Å²) >= 11 is 0. The first-order valence-electron chi connectivity index (χ1n) is 5.62. The van der Waals surface area contributed by atoms with Gasteiger partial charge >= 0.3 is 0 Å². The SMILES string of the molecule is CCNc1cc(N(CCO)C(C)C)ncn1. The lowest BCUT2D eigenvalue weighted by molar-refractivity contribution is 0.298. The smallest absolute Gasteiger partial charge is 0.134 e. The fraction of sp³-hybridized carbons (Fsp3) is 0.636. The number of rotatable bonds is 6. The fourth-order valence-corrected chi connectivity index (χ4v) is 1.53. The van der Waals surface area contributed by atoms with Gasteiger partial charge in [-0.05, 0) is 20.8 Å². The molecule has 0 unspecified atom stereocenters. The Balaban J connectivity index is 2.86. The van der Waals surface area contributed by atoms with Gasteiger partial charge in [0.15, 0.2) is 0 Å². The van der Waals surface area contributed by atoms with Crippen LogP contribution in [0.15, 0.2) is 12.4 Å². The molecular weight excluding hydrogens is 204 g/mol. The second-order valence-electron chi connectivity index (χ2n) is 3.80. The molecule has 1 aromatic rings. The van der Waals surface area contributed by atoms with Crippen molar-refractivity contribution in [3.05, 3.63) is 12.4 Å². The molecular formula is C11H20N4O. The Bertz CT molecular complexity index is 317. The Morgan fingerprint density at radius 2 is 2.19 bits per heavy atom. The van der Waals surface area contributed by atoms with E-state index in [9.17, 15) is 0 Å². The minimum Gasteiger partial charge on any atom is -0.395 e. The third-order valence-corrected chi connectivity index (χ3v) is 2.27. The molecule has 0 fully saturated rings. The van der Waals surface area contributed by atoms with Crippen LogP contribution in [0, 0.1) is 0 Å². The number of aromatic nitrogens is 2. The Labute approximate surface area is 96.5 Å². The summed E-state index contributed by atoms with van der Waals surface area (Å²) in [6, 6.07) is 2.20. The highest BCUT2D eigenvalue weighted by Crippen LogP contribution is 2.16. The van der Waals surface area contributed by atoms with E-state index in [-0.39, 0.29) is 6.61 Å². The molecule has 0 spiro atoms. The average molecular weight is 224 g/mol. The maximum absolute atomic E-state index is 9.02. The minimum absolute atomic E-state index is 0.124. The number of nitrogens with one attached hydrogen (secondary N) is 1. The van der Waals surface area contributed by atoms with Gasteiger partial charge in [-0.25, -0.2) is 9.97 Å². The second kappa shape index (κ2) is 6.27. The first-order chi connectivity index (χ1) is 7.69. The molecule has 0 aliphatic carbocycles. The Morgan fingerprint density at radius 1 is 1.44 bits per heavy atom. The molecule has 0 saturated carbocycles. The van der Waals surface area contributed by atoms with Crippen LogP contribution in [0.4, 0.5) is 11.6 Å².